The first-order chi connectivity index (χ1) is 9.83. The van der Waals surface area contributed by atoms with Crippen molar-refractivity contribution < 1.29 is 9.53 Å². The number of nitrogens with zero attached hydrogens (tertiary/aromatic N) is 1. The van der Waals surface area contributed by atoms with Gasteiger partial charge >= 0.3 is 0 Å². The summed E-state index contributed by atoms with van der Waals surface area (Å²) < 4.78 is 5.25. The van der Waals surface area contributed by atoms with Crippen LogP contribution in [0.3, 0.4) is 0 Å². The Hall–Kier alpha value is -1.98. The lowest BCUT2D eigenvalue weighted by Gasteiger charge is -2.07. The number of rotatable bonds is 7. The average Bonchev–Trinajstić information content (AvgIpc) is 2.50. The van der Waals surface area contributed by atoms with E-state index < -0.39 is 0 Å². The van der Waals surface area contributed by atoms with Crippen molar-refractivity contribution in [1.29, 1.82) is 0 Å². The maximum absolute atomic E-state index is 12.1. The molecule has 0 fully saturated rings. The SMILES string of the molecule is NCCOCCCNC(=O)c1nccc2ccccc12. The summed E-state index contributed by atoms with van der Waals surface area (Å²) in [6.45, 7) is 2.24. The van der Waals surface area contributed by atoms with E-state index in [2.05, 4.69) is 10.3 Å². The molecule has 5 heteroatoms. The molecule has 0 radical (unpaired) electrons. The van der Waals surface area contributed by atoms with Gasteiger partial charge in [0, 0.05) is 31.3 Å². The predicted octanol–water partition coefficient (Wildman–Crippen LogP) is 1.33. The molecule has 0 saturated heterocycles. The fourth-order valence-electron chi connectivity index (χ4n) is 1.95. The minimum atomic E-state index is -0.152. The Morgan fingerprint density at radius 2 is 2.10 bits per heavy atom. The molecule has 1 heterocycles. The van der Waals surface area contributed by atoms with Gasteiger partial charge in [0.2, 0.25) is 0 Å². The van der Waals surface area contributed by atoms with Crippen molar-refractivity contribution in [3.63, 3.8) is 0 Å². The van der Waals surface area contributed by atoms with Crippen LogP contribution in [0.15, 0.2) is 36.5 Å². The average molecular weight is 273 g/mol. The maximum atomic E-state index is 12.1. The molecule has 0 unspecified atom stereocenters. The van der Waals surface area contributed by atoms with Gasteiger partial charge in [-0.25, -0.2) is 0 Å². The quantitative estimate of drug-likeness (QED) is 0.746. The number of amides is 1. The molecule has 3 N–H and O–H groups in total. The Morgan fingerprint density at radius 1 is 1.25 bits per heavy atom. The summed E-state index contributed by atoms with van der Waals surface area (Å²) in [7, 11) is 0. The van der Waals surface area contributed by atoms with Crippen LogP contribution in [0.2, 0.25) is 0 Å². The molecule has 2 rings (SSSR count). The lowest BCUT2D eigenvalue weighted by atomic mass is 10.1. The number of hydrogen-bond acceptors (Lipinski definition) is 4. The fourth-order valence-corrected chi connectivity index (χ4v) is 1.95. The summed E-state index contributed by atoms with van der Waals surface area (Å²) in [5, 5.41) is 4.74. The van der Waals surface area contributed by atoms with Gasteiger partial charge in [-0.15, -0.1) is 0 Å². The molecule has 0 spiro atoms. The highest BCUT2D eigenvalue weighted by Gasteiger charge is 2.10. The molecule has 106 valence electrons. The molecule has 1 aromatic heterocycles. The van der Waals surface area contributed by atoms with Gasteiger partial charge in [-0.2, -0.15) is 0 Å². The third-order valence-corrected chi connectivity index (χ3v) is 2.90. The molecular formula is C15H19N3O2. The monoisotopic (exact) mass is 273 g/mol. The molecule has 0 aliphatic rings. The Labute approximate surface area is 118 Å². The number of carbonyl (C=O) groups is 1. The van der Waals surface area contributed by atoms with Crippen LogP contribution in [-0.2, 0) is 4.74 Å². The van der Waals surface area contributed by atoms with Crippen LogP contribution in [0.25, 0.3) is 10.8 Å². The highest BCUT2D eigenvalue weighted by atomic mass is 16.5. The van der Waals surface area contributed by atoms with E-state index in [1.807, 2.05) is 30.3 Å². The lowest BCUT2D eigenvalue weighted by Crippen LogP contribution is -2.26. The second kappa shape index (κ2) is 7.57. The zero-order valence-electron chi connectivity index (χ0n) is 11.3. The van der Waals surface area contributed by atoms with Crippen molar-refractivity contribution in [2.45, 2.75) is 6.42 Å². The molecule has 5 nitrogen and oxygen atoms in total. The first-order valence-electron chi connectivity index (χ1n) is 6.72. The number of carbonyl (C=O) groups excluding carboxylic acids is 1. The smallest absolute Gasteiger partial charge is 0.270 e. The molecule has 1 amide bonds. The number of pyridine rings is 1. The molecule has 0 aliphatic carbocycles. The van der Waals surface area contributed by atoms with Gasteiger partial charge in [-0.05, 0) is 17.9 Å². The zero-order valence-corrected chi connectivity index (χ0v) is 11.3. The van der Waals surface area contributed by atoms with E-state index in [0.29, 0.717) is 32.0 Å². The highest BCUT2D eigenvalue weighted by Crippen LogP contribution is 2.15. The van der Waals surface area contributed by atoms with Gasteiger partial charge in [-0.3, -0.25) is 9.78 Å². The summed E-state index contributed by atoms with van der Waals surface area (Å²) in [5.74, 6) is -0.152. The number of nitrogens with two attached hydrogens (primary N) is 1. The number of fused-ring (bicyclic) bond motifs is 1. The standard InChI is InChI=1S/C15H19N3O2/c16-7-11-20-10-3-8-18-15(19)14-13-5-2-1-4-12(13)6-9-17-14/h1-2,4-6,9H,3,7-8,10-11,16H2,(H,18,19). The Bertz CT molecular complexity index is 567. The number of aromatic nitrogens is 1. The third kappa shape index (κ3) is 3.76. The van der Waals surface area contributed by atoms with Crippen molar-refractivity contribution in [1.82, 2.24) is 10.3 Å². The van der Waals surface area contributed by atoms with E-state index >= 15 is 0 Å². The van der Waals surface area contributed by atoms with Gasteiger partial charge in [-0.1, -0.05) is 24.3 Å². The van der Waals surface area contributed by atoms with Crippen LogP contribution in [0.1, 0.15) is 16.9 Å². The van der Waals surface area contributed by atoms with Gasteiger partial charge in [0.15, 0.2) is 0 Å². The summed E-state index contributed by atoms with van der Waals surface area (Å²) in [5.41, 5.74) is 5.78. The molecular weight excluding hydrogens is 254 g/mol. The molecule has 1 aromatic carbocycles. The van der Waals surface area contributed by atoms with Crippen molar-refractivity contribution in [3.05, 3.63) is 42.2 Å². The lowest BCUT2D eigenvalue weighted by molar-refractivity contribution is 0.0940. The fraction of sp³-hybridized carbons (Fsp3) is 0.333. The topological polar surface area (TPSA) is 77.2 Å². The Morgan fingerprint density at radius 3 is 2.95 bits per heavy atom. The minimum Gasteiger partial charge on any atom is -0.380 e. The summed E-state index contributed by atoms with van der Waals surface area (Å²) >= 11 is 0. The predicted molar refractivity (Wildman–Crippen MR) is 78.6 cm³/mol. The van der Waals surface area contributed by atoms with Gasteiger partial charge in [0.05, 0.1) is 6.61 Å². The van der Waals surface area contributed by atoms with E-state index in [1.54, 1.807) is 6.20 Å². The van der Waals surface area contributed by atoms with Crippen LogP contribution in [-0.4, -0.2) is 37.2 Å². The van der Waals surface area contributed by atoms with Crippen LogP contribution in [0.5, 0.6) is 0 Å². The maximum Gasteiger partial charge on any atom is 0.270 e. The van der Waals surface area contributed by atoms with E-state index in [-0.39, 0.29) is 5.91 Å². The van der Waals surface area contributed by atoms with Crippen molar-refractivity contribution in [3.8, 4) is 0 Å². The Kier molecular flexibility index (Phi) is 5.46. The second-order valence-corrected chi connectivity index (χ2v) is 4.39. The van der Waals surface area contributed by atoms with Crippen molar-refractivity contribution in [2.24, 2.45) is 5.73 Å². The molecule has 20 heavy (non-hydrogen) atoms. The third-order valence-electron chi connectivity index (χ3n) is 2.90. The Balaban J connectivity index is 1.91. The molecule has 2 aromatic rings. The number of hydrogen-bond donors (Lipinski definition) is 2. The number of benzene rings is 1. The first kappa shape index (κ1) is 14.4. The van der Waals surface area contributed by atoms with E-state index in [4.69, 9.17) is 10.5 Å². The number of nitrogens with one attached hydrogen (secondary N) is 1. The van der Waals surface area contributed by atoms with Gasteiger partial charge in [0.25, 0.3) is 5.91 Å². The molecule has 0 saturated carbocycles. The van der Waals surface area contributed by atoms with Crippen LogP contribution < -0.4 is 11.1 Å². The van der Waals surface area contributed by atoms with Crippen molar-refractivity contribution in [2.75, 3.05) is 26.3 Å². The summed E-state index contributed by atoms with van der Waals surface area (Å²) in [6.07, 6.45) is 2.41. The molecule has 0 atom stereocenters. The zero-order chi connectivity index (χ0) is 14.2. The summed E-state index contributed by atoms with van der Waals surface area (Å²) in [6, 6.07) is 9.61. The summed E-state index contributed by atoms with van der Waals surface area (Å²) in [4.78, 5) is 16.3. The normalized spacial score (nSPS) is 10.7. The largest absolute Gasteiger partial charge is 0.380 e. The first-order valence-corrected chi connectivity index (χ1v) is 6.72. The van der Waals surface area contributed by atoms with E-state index in [9.17, 15) is 4.79 Å². The van der Waals surface area contributed by atoms with Crippen molar-refractivity contribution >= 4 is 16.7 Å². The molecule has 0 aliphatic heterocycles. The number of ether oxygens (including phenoxy) is 1. The van der Waals surface area contributed by atoms with Crippen LogP contribution in [0.4, 0.5) is 0 Å². The van der Waals surface area contributed by atoms with Gasteiger partial charge in [0.1, 0.15) is 5.69 Å². The second-order valence-electron chi connectivity index (χ2n) is 4.39. The van der Waals surface area contributed by atoms with Gasteiger partial charge < -0.3 is 15.8 Å². The van der Waals surface area contributed by atoms with E-state index in [0.717, 1.165) is 17.2 Å². The van der Waals surface area contributed by atoms with Crippen LogP contribution >= 0.6 is 0 Å². The van der Waals surface area contributed by atoms with E-state index in [1.165, 1.54) is 0 Å². The van der Waals surface area contributed by atoms with Crippen LogP contribution in [0, 0.1) is 0 Å². The molecule has 0 bridgehead atoms. The highest BCUT2D eigenvalue weighted by molar-refractivity contribution is 6.05. The minimum absolute atomic E-state index is 0.152.